The number of nitrogens with one attached hydrogen (secondary N) is 1. The van der Waals surface area contributed by atoms with Gasteiger partial charge in [0.05, 0.1) is 0 Å². The van der Waals surface area contributed by atoms with Gasteiger partial charge in [0.25, 0.3) is 0 Å². The highest BCUT2D eigenvalue weighted by Gasteiger charge is 2.39. The van der Waals surface area contributed by atoms with E-state index in [1.807, 2.05) is 7.05 Å². The summed E-state index contributed by atoms with van der Waals surface area (Å²) in [5, 5.41) is 14.3. The monoisotopic (exact) mass is 237 g/mol. The maximum Gasteiger partial charge on any atom is 0.406 e. The van der Waals surface area contributed by atoms with Crippen LogP contribution in [0.25, 0.3) is 0 Å². The highest BCUT2D eigenvalue weighted by Crippen LogP contribution is 2.34. The molecule has 0 aliphatic carbocycles. The zero-order chi connectivity index (χ0) is 12.0. The van der Waals surface area contributed by atoms with E-state index in [1.165, 1.54) is 6.33 Å². The van der Waals surface area contributed by atoms with Crippen molar-refractivity contribution >= 4 is 11.6 Å². The number of anilines is 1. The van der Waals surface area contributed by atoms with Crippen LogP contribution >= 0.6 is 0 Å². The van der Waals surface area contributed by atoms with Crippen molar-refractivity contribution in [3.05, 3.63) is 16.4 Å². The Morgan fingerprint density at radius 1 is 1.47 bits per heavy atom. The summed E-state index contributed by atoms with van der Waals surface area (Å²) in [5.74, 6) is 1.85. The normalized spacial score (nSPS) is 27.5. The smallest absolute Gasteiger partial charge is 0.358 e. The van der Waals surface area contributed by atoms with Crippen LogP contribution in [0.3, 0.4) is 0 Å². The Balaban J connectivity index is 1.90. The number of nitrogens with zero attached hydrogens (tertiary/aromatic N) is 4. The van der Waals surface area contributed by atoms with Gasteiger partial charge in [-0.1, -0.05) is 0 Å². The largest absolute Gasteiger partial charge is 0.406 e. The fourth-order valence-corrected chi connectivity index (χ4v) is 2.93. The lowest BCUT2D eigenvalue weighted by Crippen LogP contribution is -2.27. The van der Waals surface area contributed by atoms with E-state index in [2.05, 4.69) is 15.2 Å². The number of hydrogen-bond acceptors (Lipinski definition) is 5. The molecule has 2 unspecified atom stereocenters. The lowest BCUT2D eigenvalue weighted by molar-refractivity contribution is -0.388. The third-order valence-electron chi connectivity index (χ3n) is 3.75. The van der Waals surface area contributed by atoms with E-state index >= 15 is 0 Å². The van der Waals surface area contributed by atoms with Crippen LogP contribution in [0.4, 0.5) is 11.6 Å². The van der Waals surface area contributed by atoms with E-state index in [4.69, 9.17) is 0 Å². The van der Waals surface area contributed by atoms with Crippen molar-refractivity contribution in [2.45, 2.75) is 0 Å². The van der Waals surface area contributed by atoms with Crippen LogP contribution in [-0.4, -0.2) is 40.7 Å². The minimum atomic E-state index is -0.401. The molecule has 2 aliphatic heterocycles. The third-order valence-corrected chi connectivity index (χ3v) is 3.75. The van der Waals surface area contributed by atoms with Crippen molar-refractivity contribution in [2.75, 3.05) is 31.1 Å². The molecule has 17 heavy (non-hydrogen) atoms. The number of fused-ring (bicyclic) bond motifs is 1. The molecule has 2 atom stereocenters. The molecule has 1 aromatic heterocycles. The van der Waals surface area contributed by atoms with Gasteiger partial charge in [-0.25, -0.2) is 0 Å². The molecule has 1 aromatic rings. The average molecular weight is 237 g/mol. The first kappa shape index (κ1) is 10.5. The number of hydrogen-bond donors (Lipinski definition) is 1. The SMILES string of the molecule is Cn1cnc([N+](=O)[O-])c1N1CC2CNCC2C1. The van der Waals surface area contributed by atoms with Crippen molar-refractivity contribution in [1.29, 1.82) is 0 Å². The minimum absolute atomic E-state index is 0.0274. The number of aromatic nitrogens is 2. The van der Waals surface area contributed by atoms with Crippen LogP contribution in [0, 0.1) is 22.0 Å². The molecule has 0 amide bonds. The minimum Gasteiger partial charge on any atom is -0.358 e. The Hall–Kier alpha value is -1.63. The molecule has 3 heterocycles. The maximum absolute atomic E-state index is 10.9. The van der Waals surface area contributed by atoms with Crippen LogP contribution in [0.15, 0.2) is 6.33 Å². The van der Waals surface area contributed by atoms with Gasteiger partial charge in [0, 0.05) is 33.2 Å². The second-order valence-electron chi connectivity index (χ2n) is 4.84. The molecular weight excluding hydrogens is 222 g/mol. The van der Waals surface area contributed by atoms with Gasteiger partial charge in [-0.05, 0) is 21.7 Å². The second kappa shape index (κ2) is 3.69. The lowest BCUT2D eigenvalue weighted by Gasteiger charge is -2.18. The number of imidazole rings is 1. The van der Waals surface area contributed by atoms with E-state index in [1.54, 1.807) is 4.57 Å². The Labute approximate surface area is 98.6 Å². The van der Waals surface area contributed by atoms with Gasteiger partial charge in [0.2, 0.25) is 12.1 Å². The van der Waals surface area contributed by atoms with E-state index < -0.39 is 4.92 Å². The molecule has 0 spiro atoms. The van der Waals surface area contributed by atoms with Crippen molar-refractivity contribution < 1.29 is 4.92 Å². The van der Waals surface area contributed by atoms with Gasteiger partial charge in [-0.15, -0.1) is 0 Å². The molecule has 92 valence electrons. The Morgan fingerprint density at radius 3 is 2.71 bits per heavy atom. The zero-order valence-corrected chi connectivity index (χ0v) is 9.67. The predicted octanol–water partition coefficient (Wildman–Crippen LogP) is -0.0161. The molecule has 0 bridgehead atoms. The van der Waals surface area contributed by atoms with Crippen molar-refractivity contribution in [1.82, 2.24) is 14.9 Å². The van der Waals surface area contributed by atoms with Gasteiger partial charge in [-0.3, -0.25) is 4.57 Å². The summed E-state index contributed by atoms with van der Waals surface area (Å²) < 4.78 is 1.74. The first-order valence-electron chi connectivity index (χ1n) is 5.78. The number of aryl methyl sites for hydroxylation is 1. The third kappa shape index (κ3) is 1.57. The van der Waals surface area contributed by atoms with Crippen LogP contribution in [-0.2, 0) is 7.05 Å². The van der Waals surface area contributed by atoms with Crippen LogP contribution in [0.1, 0.15) is 0 Å². The lowest BCUT2D eigenvalue weighted by atomic mass is 10.0. The fraction of sp³-hybridized carbons (Fsp3) is 0.700. The van der Waals surface area contributed by atoms with Gasteiger partial charge in [0.1, 0.15) is 0 Å². The molecule has 0 radical (unpaired) electrons. The second-order valence-corrected chi connectivity index (χ2v) is 4.84. The molecular formula is C10H15N5O2. The molecule has 7 heteroatoms. The molecule has 3 rings (SSSR count). The first-order chi connectivity index (χ1) is 8.16. The summed E-state index contributed by atoms with van der Waals surface area (Å²) in [7, 11) is 1.81. The van der Waals surface area contributed by atoms with Crippen molar-refractivity contribution in [3.63, 3.8) is 0 Å². The van der Waals surface area contributed by atoms with E-state index in [-0.39, 0.29) is 5.82 Å². The predicted molar refractivity (Wildman–Crippen MR) is 61.9 cm³/mol. The molecule has 0 aromatic carbocycles. The Morgan fingerprint density at radius 2 is 2.12 bits per heavy atom. The fourth-order valence-electron chi connectivity index (χ4n) is 2.93. The summed E-state index contributed by atoms with van der Waals surface area (Å²) >= 11 is 0. The van der Waals surface area contributed by atoms with E-state index in [0.717, 1.165) is 26.2 Å². The van der Waals surface area contributed by atoms with Crippen LogP contribution < -0.4 is 10.2 Å². The Bertz CT molecular complexity index is 446. The highest BCUT2D eigenvalue weighted by atomic mass is 16.6. The number of nitro groups is 1. The summed E-state index contributed by atoms with van der Waals surface area (Å²) in [6, 6.07) is 0. The maximum atomic E-state index is 10.9. The summed E-state index contributed by atoms with van der Waals surface area (Å²) in [4.78, 5) is 16.5. The quantitative estimate of drug-likeness (QED) is 0.578. The summed E-state index contributed by atoms with van der Waals surface area (Å²) in [5.41, 5.74) is 0. The van der Waals surface area contributed by atoms with Gasteiger partial charge < -0.3 is 20.3 Å². The van der Waals surface area contributed by atoms with Gasteiger partial charge in [0.15, 0.2) is 0 Å². The van der Waals surface area contributed by atoms with Gasteiger partial charge in [-0.2, -0.15) is 0 Å². The highest BCUT2D eigenvalue weighted by molar-refractivity contribution is 5.55. The molecule has 2 saturated heterocycles. The average Bonchev–Trinajstić information content (AvgIpc) is 2.88. The molecule has 0 saturated carbocycles. The van der Waals surface area contributed by atoms with Gasteiger partial charge >= 0.3 is 5.82 Å². The van der Waals surface area contributed by atoms with Crippen LogP contribution in [0.5, 0.6) is 0 Å². The molecule has 2 aliphatic rings. The topological polar surface area (TPSA) is 76.2 Å². The first-order valence-corrected chi connectivity index (χ1v) is 5.78. The molecule has 1 N–H and O–H groups in total. The standard InChI is InChI=1S/C10H15N5O2/c1-13-6-12-9(15(16)17)10(13)14-4-7-2-11-3-8(7)5-14/h6-8,11H,2-5H2,1H3. The summed E-state index contributed by atoms with van der Waals surface area (Å²) in [6.45, 7) is 3.82. The van der Waals surface area contributed by atoms with Crippen LogP contribution in [0.2, 0.25) is 0 Å². The Kier molecular flexibility index (Phi) is 2.29. The molecule has 2 fully saturated rings. The molecule has 7 nitrogen and oxygen atoms in total. The number of rotatable bonds is 2. The zero-order valence-electron chi connectivity index (χ0n) is 9.67. The summed E-state index contributed by atoms with van der Waals surface area (Å²) in [6.07, 6.45) is 1.51. The van der Waals surface area contributed by atoms with Crippen molar-refractivity contribution in [3.8, 4) is 0 Å². The van der Waals surface area contributed by atoms with Crippen molar-refractivity contribution in [2.24, 2.45) is 18.9 Å². The van der Waals surface area contributed by atoms with E-state index in [0.29, 0.717) is 17.7 Å². The van der Waals surface area contributed by atoms with E-state index in [9.17, 15) is 10.1 Å².